The summed E-state index contributed by atoms with van der Waals surface area (Å²) in [6, 6.07) is 16.9. The number of hydrogen-bond acceptors (Lipinski definition) is 3. The molecule has 0 spiro atoms. The number of rotatable bonds is 8. The zero-order valence-corrected chi connectivity index (χ0v) is 18.5. The number of aryl methyl sites for hydroxylation is 1. The van der Waals surface area contributed by atoms with E-state index in [9.17, 15) is 8.42 Å². The second-order valence-electron chi connectivity index (χ2n) is 5.90. The standard InChI is InChI=1S/C19H26N4O2S.HI/c1-2-21-19(22-13-7-11-16-8-4-3-5-9-16)23-15-17-10-6-12-18(14-17)26(20,24)25;/h3-6,8-10,12,14H,2,7,11,13,15H2,1H3,(H2,20,24,25)(H2,21,22,23);1H. The minimum absolute atomic E-state index is 0. The van der Waals surface area contributed by atoms with Crippen LogP contribution in [0.25, 0.3) is 0 Å². The van der Waals surface area contributed by atoms with Crippen LogP contribution in [0, 0.1) is 0 Å². The van der Waals surface area contributed by atoms with E-state index in [4.69, 9.17) is 5.14 Å². The lowest BCUT2D eigenvalue weighted by molar-refractivity contribution is 0.597. The molecule has 0 radical (unpaired) electrons. The van der Waals surface area contributed by atoms with Crippen LogP contribution in [0.1, 0.15) is 24.5 Å². The van der Waals surface area contributed by atoms with E-state index < -0.39 is 10.0 Å². The van der Waals surface area contributed by atoms with Crippen LogP contribution >= 0.6 is 24.0 Å². The van der Waals surface area contributed by atoms with E-state index in [2.05, 4.69) is 27.8 Å². The Bertz CT molecular complexity index is 827. The quantitative estimate of drug-likeness (QED) is 0.224. The number of benzene rings is 2. The summed E-state index contributed by atoms with van der Waals surface area (Å²) >= 11 is 0. The first-order chi connectivity index (χ1) is 12.5. The lowest BCUT2D eigenvalue weighted by atomic mass is 10.1. The third kappa shape index (κ3) is 8.72. The lowest BCUT2D eigenvalue weighted by Crippen LogP contribution is -2.37. The number of hydrogen-bond donors (Lipinski definition) is 3. The van der Waals surface area contributed by atoms with E-state index in [1.165, 1.54) is 11.6 Å². The zero-order chi connectivity index (χ0) is 18.8. The topological polar surface area (TPSA) is 96.6 Å². The number of halogens is 1. The molecule has 0 aliphatic carbocycles. The molecule has 2 rings (SSSR count). The van der Waals surface area contributed by atoms with Crippen LogP contribution < -0.4 is 15.8 Å². The van der Waals surface area contributed by atoms with E-state index in [-0.39, 0.29) is 28.9 Å². The normalized spacial score (nSPS) is 11.6. The molecule has 0 aliphatic heterocycles. The van der Waals surface area contributed by atoms with Gasteiger partial charge in [-0.05, 0) is 43.0 Å². The Balaban J connectivity index is 0.00000364. The Morgan fingerprint density at radius 2 is 1.74 bits per heavy atom. The van der Waals surface area contributed by atoms with Crippen LogP contribution in [0.5, 0.6) is 0 Å². The molecule has 4 N–H and O–H groups in total. The Labute approximate surface area is 178 Å². The molecule has 2 aromatic rings. The SMILES string of the molecule is CCNC(=NCc1cccc(S(N)(=O)=O)c1)NCCCc1ccccc1.I. The number of sulfonamides is 1. The molecular weight excluding hydrogens is 475 g/mol. The van der Waals surface area contributed by atoms with E-state index in [1.807, 2.05) is 31.2 Å². The van der Waals surface area contributed by atoms with Gasteiger partial charge >= 0.3 is 0 Å². The summed E-state index contributed by atoms with van der Waals surface area (Å²) in [6.07, 6.45) is 2.00. The van der Waals surface area contributed by atoms with Crippen molar-refractivity contribution in [1.82, 2.24) is 10.6 Å². The van der Waals surface area contributed by atoms with Gasteiger partial charge < -0.3 is 10.6 Å². The highest BCUT2D eigenvalue weighted by atomic mass is 127. The molecule has 0 fully saturated rings. The summed E-state index contributed by atoms with van der Waals surface area (Å²) in [4.78, 5) is 4.61. The van der Waals surface area contributed by atoms with Crippen molar-refractivity contribution in [3.8, 4) is 0 Å². The Kier molecular flexibility index (Phi) is 10.3. The Morgan fingerprint density at radius 1 is 1.04 bits per heavy atom. The summed E-state index contributed by atoms with van der Waals surface area (Å²) in [5.74, 6) is 0.710. The molecule has 0 bridgehead atoms. The maximum absolute atomic E-state index is 11.4. The molecule has 0 heterocycles. The van der Waals surface area contributed by atoms with Gasteiger partial charge in [-0.3, -0.25) is 0 Å². The summed E-state index contributed by atoms with van der Waals surface area (Å²) in [6.45, 7) is 3.93. The van der Waals surface area contributed by atoms with Crippen molar-refractivity contribution in [3.63, 3.8) is 0 Å². The molecule has 148 valence electrons. The molecule has 0 atom stereocenters. The van der Waals surface area contributed by atoms with Crippen molar-refractivity contribution in [2.24, 2.45) is 10.1 Å². The Hall–Kier alpha value is -1.65. The molecule has 8 heteroatoms. The average molecular weight is 502 g/mol. The van der Waals surface area contributed by atoms with Crippen LogP contribution in [0.3, 0.4) is 0 Å². The van der Waals surface area contributed by atoms with Crippen molar-refractivity contribution in [3.05, 3.63) is 65.7 Å². The van der Waals surface area contributed by atoms with Crippen LogP contribution in [0.2, 0.25) is 0 Å². The molecular formula is C19H27IN4O2S. The van der Waals surface area contributed by atoms with Crippen molar-refractivity contribution >= 4 is 40.0 Å². The van der Waals surface area contributed by atoms with Crippen LogP contribution in [-0.2, 0) is 23.0 Å². The van der Waals surface area contributed by atoms with Gasteiger partial charge in [0.15, 0.2) is 5.96 Å². The number of guanidine groups is 1. The second-order valence-corrected chi connectivity index (χ2v) is 7.46. The highest BCUT2D eigenvalue weighted by Gasteiger charge is 2.07. The van der Waals surface area contributed by atoms with Gasteiger partial charge in [-0.15, -0.1) is 24.0 Å². The van der Waals surface area contributed by atoms with E-state index in [1.54, 1.807) is 12.1 Å². The first-order valence-corrected chi connectivity index (χ1v) is 10.2. The molecule has 0 amide bonds. The number of nitrogens with two attached hydrogens (primary N) is 1. The predicted molar refractivity (Wildman–Crippen MR) is 121 cm³/mol. The van der Waals surface area contributed by atoms with Crippen molar-refractivity contribution in [1.29, 1.82) is 0 Å². The van der Waals surface area contributed by atoms with Crippen molar-refractivity contribution in [2.75, 3.05) is 13.1 Å². The third-order valence-corrected chi connectivity index (χ3v) is 4.68. The third-order valence-electron chi connectivity index (χ3n) is 3.77. The molecule has 0 saturated carbocycles. The van der Waals surface area contributed by atoms with Gasteiger partial charge in [0.1, 0.15) is 0 Å². The van der Waals surface area contributed by atoms with Gasteiger partial charge in [-0.1, -0.05) is 42.5 Å². The minimum Gasteiger partial charge on any atom is -0.357 e. The summed E-state index contributed by atoms with van der Waals surface area (Å²) in [7, 11) is -3.70. The first-order valence-electron chi connectivity index (χ1n) is 8.67. The number of nitrogens with zero attached hydrogens (tertiary/aromatic N) is 1. The number of nitrogens with one attached hydrogen (secondary N) is 2. The Morgan fingerprint density at radius 3 is 2.41 bits per heavy atom. The fourth-order valence-corrected chi connectivity index (χ4v) is 3.06. The van der Waals surface area contributed by atoms with Gasteiger partial charge in [-0.25, -0.2) is 18.5 Å². The largest absolute Gasteiger partial charge is 0.357 e. The highest BCUT2D eigenvalue weighted by molar-refractivity contribution is 14.0. The van der Waals surface area contributed by atoms with Gasteiger partial charge in [0, 0.05) is 13.1 Å². The molecule has 0 unspecified atom stereocenters. The fourth-order valence-electron chi connectivity index (χ4n) is 2.48. The van der Waals surface area contributed by atoms with Gasteiger partial charge in [0.05, 0.1) is 11.4 Å². The lowest BCUT2D eigenvalue weighted by Gasteiger charge is -2.11. The molecule has 27 heavy (non-hydrogen) atoms. The average Bonchev–Trinajstić information content (AvgIpc) is 2.63. The van der Waals surface area contributed by atoms with Crippen molar-refractivity contribution in [2.45, 2.75) is 31.2 Å². The molecule has 0 saturated heterocycles. The smallest absolute Gasteiger partial charge is 0.238 e. The summed E-state index contributed by atoms with van der Waals surface area (Å²) in [5, 5.41) is 11.7. The van der Waals surface area contributed by atoms with E-state index in [0.717, 1.165) is 31.5 Å². The summed E-state index contributed by atoms with van der Waals surface area (Å²) < 4.78 is 22.9. The van der Waals surface area contributed by atoms with Crippen molar-refractivity contribution < 1.29 is 8.42 Å². The number of aliphatic imine (C=N–C) groups is 1. The fraction of sp³-hybridized carbons (Fsp3) is 0.316. The van der Waals surface area contributed by atoms with Crippen LogP contribution in [0.15, 0.2) is 64.5 Å². The predicted octanol–water partition coefficient (Wildman–Crippen LogP) is 2.64. The maximum atomic E-state index is 11.4. The first kappa shape index (κ1) is 23.4. The van der Waals surface area contributed by atoms with Gasteiger partial charge in [0.2, 0.25) is 10.0 Å². The highest BCUT2D eigenvalue weighted by Crippen LogP contribution is 2.10. The second kappa shape index (κ2) is 11.9. The molecule has 2 aromatic carbocycles. The van der Waals surface area contributed by atoms with Crippen LogP contribution in [-0.4, -0.2) is 27.5 Å². The zero-order valence-electron chi connectivity index (χ0n) is 15.4. The van der Waals surface area contributed by atoms with Gasteiger partial charge in [-0.2, -0.15) is 0 Å². The number of primary sulfonamides is 1. The van der Waals surface area contributed by atoms with E-state index in [0.29, 0.717) is 12.5 Å². The molecule has 0 aromatic heterocycles. The van der Waals surface area contributed by atoms with Crippen LogP contribution in [0.4, 0.5) is 0 Å². The molecule has 0 aliphatic rings. The molecule has 6 nitrogen and oxygen atoms in total. The summed E-state index contributed by atoms with van der Waals surface area (Å²) in [5.41, 5.74) is 2.11. The van der Waals surface area contributed by atoms with Gasteiger partial charge in [0.25, 0.3) is 0 Å². The monoisotopic (exact) mass is 502 g/mol. The maximum Gasteiger partial charge on any atom is 0.238 e. The minimum atomic E-state index is -3.70. The van der Waals surface area contributed by atoms with E-state index >= 15 is 0 Å².